The average Bonchev–Trinajstić information content (AvgIpc) is 2.40. The van der Waals surface area contributed by atoms with Crippen molar-refractivity contribution < 1.29 is 13.2 Å². The molecule has 0 spiro atoms. The van der Waals surface area contributed by atoms with Crippen LogP contribution < -0.4 is 5.32 Å². The van der Waals surface area contributed by atoms with Gasteiger partial charge >= 0.3 is 0 Å². The number of halogens is 3. The van der Waals surface area contributed by atoms with Crippen LogP contribution in [-0.2, 0) is 0 Å². The second-order valence-corrected chi connectivity index (χ2v) is 5.43. The van der Waals surface area contributed by atoms with E-state index in [2.05, 4.69) is 5.32 Å². The van der Waals surface area contributed by atoms with Crippen LogP contribution in [0.25, 0.3) is 0 Å². The Balaban J connectivity index is 2.53. The van der Waals surface area contributed by atoms with Crippen molar-refractivity contribution in [2.45, 2.75) is 32.9 Å². The lowest BCUT2D eigenvalue weighted by molar-refractivity contribution is 0.494. The summed E-state index contributed by atoms with van der Waals surface area (Å²) in [6.45, 7) is 5.41. The summed E-state index contributed by atoms with van der Waals surface area (Å²) in [4.78, 5) is 0. The maximum Gasteiger partial charge on any atom is 0.131 e. The Morgan fingerprint density at radius 2 is 1.67 bits per heavy atom. The summed E-state index contributed by atoms with van der Waals surface area (Å²) in [7, 11) is 0. The van der Waals surface area contributed by atoms with Crippen molar-refractivity contribution in [3.63, 3.8) is 0 Å². The van der Waals surface area contributed by atoms with E-state index in [-0.39, 0.29) is 11.9 Å². The molecule has 0 heterocycles. The van der Waals surface area contributed by atoms with Gasteiger partial charge in [-0.1, -0.05) is 12.1 Å². The lowest BCUT2D eigenvalue weighted by atomic mass is 9.95. The molecule has 4 heteroatoms. The number of benzene rings is 2. The van der Waals surface area contributed by atoms with Gasteiger partial charge in [0.1, 0.15) is 17.5 Å². The molecule has 0 aliphatic carbocycles. The predicted octanol–water partition coefficient (Wildman–Crippen LogP) is 4.50. The van der Waals surface area contributed by atoms with Crippen LogP contribution in [0.2, 0.25) is 0 Å². The molecule has 0 radical (unpaired) electrons. The first-order valence-corrected chi connectivity index (χ1v) is 6.85. The highest BCUT2D eigenvalue weighted by molar-refractivity contribution is 5.36. The highest BCUT2D eigenvalue weighted by atomic mass is 19.1. The van der Waals surface area contributed by atoms with Gasteiger partial charge in [0.2, 0.25) is 0 Å². The van der Waals surface area contributed by atoms with E-state index in [1.807, 2.05) is 13.8 Å². The summed E-state index contributed by atoms with van der Waals surface area (Å²) in [5.74, 6) is -1.61. The fraction of sp³-hybridized carbons (Fsp3) is 0.294. The van der Waals surface area contributed by atoms with Gasteiger partial charge in [0, 0.05) is 17.7 Å². The van der Waals surface area contributed by atoms with Gasteiger partial charge in [-0.15, -0.1) is 0 Å². The van der Waals surface area contributed by atoms with E-state index in [4.69, 9.17) is 0 Å². The van der Waals surface area contributed by atoms with Crippen LogP contribution in [0.3, 0.4) is 0 Å². The number of aryl methyl sites for hydroxylation is 1. The molecule has 0 saturated carbocycles. The first kappa shape index (κ1) is 15.6. The lowest BCUT2D eigenvalue weighted by Crippen LogP contribution is -2.29. The average molecular weight is 293 g/mol. The maximum absolute atomic E-state index is 14.1. The van der Waals surface area contributed by atoms with Crippen LogP contribution in [0.1, 0.15) is 36.6 Å². The Hall–Kier alpha value is -1.81. The van der Waals surface area contributed by atoms with E-state index < -0.39 is 17.7 Å². The van der Waals surface area contributed by atoms with Crippen LogP contribution in [0.5, 0.6) is 0 Å². The van der Waals surface area contributed by atoms with E-state index in [9.17, 15) is 13.2 Å². The van der Waals surface area contributed by atoms with E-state index in [0.717, 1.165) is 6.07 Å². The molecule has 2 aromatic rings. The number of hydrogen-bond acceptors (Lipinski definition) is 1. The molecule has 112 valence electrons. The first-order chi connectivity index (χ1) is 9.88. The highest BCUT2D eigenvalue weighted by Gasteiger charge is 2.20. The van der Waals surface area contributed by atoms with Gasteiger partial charge < -0.3 is 5.32 Å². The zero-order valence-corrected chi connectivity index (χ0v) is 12.3. The first-order valence-electron chi connectivity index (χ1n) is 6.85. The molecule has 1 atom stereocenters. The predicted molar refractivity (Wildman–Crippen MR) is 77.6 cm³/mol. The Morgan fingerprint density at radius 3 is 2.29 bits per heavy atom. The van der Waals surface area contributed by atoms with E-state index in [0.29, 0.717) is 16.7 Å². The monoisotopic (exact) mass is 293 g/mol. The minimum atomic E-state index is -0.638. The quantitative estimate of drug-likeness (QED) is 0.875. The molecule has 0 fully saturated rings. The van der Waals surface area contributed by atoms with Gasteiger partial charge in [-0.05, 0) is 50.1 Å². The summed E-state index contributed by atoms with van der Waals surface area (Å²) in [5.41, 5.74) is 1.28. The molecule has 1 unspecified atom stereocenters. The Bertz CT molecular complexity index is 638. The molecular weight excluding hydrogens is 275 g/mol. The van der Waals surface area contributed by atoms with Crippen molar-refractivity contribution in [2.24, 2.45) is 0 Å². The molecule has 0 aromatic heterocycles. The van der Waals surface area contributed by atoms with Crippen LogP contribution in [0.15, 0.2) is 36.4 Å². The second kappa shape index (κ2) is 6.31. The maximum atomic E-state index is 14.1. The number of nitrogens with one attached hydrogen (secondary N) is 1. The van der Waals surface area contributed by atoms with Gasteiger partial charge in [0.15, 0.2) is 0 Å². The summed E-state index contributed by atoms with van der Waals surface area (Å²) in [6, 6.07) is 7.87. The SMILES string of the molecule is Cc1cc(C(NC(C)C)c2cccc(F)c2)c(F)cc1F. The Morgan fingerprint density at radius 1 is 0.952 bits per heavy atom. The molecule has 0 bridgehead atoms. The summed E-state index contributed by atoms with van der Waals surface area (Å²) >= 11 is 0. The zero-order valence-electron chi connectivity index (χ0n) is 12.3. The largest absolute Gasteiger partial charge is 0.304 e. The van der Waals surface area contributed by atoms with E-state index in [1.165, 1.54) is 18.2 Å². The van der Waals surface area contributed by atoms with Crippen LogP contribution >= 0.6 is 0 Å². The number of hydrogen-bond donors (Lipinski definition) is 1. The molecule has 21 heavy (non-hydrogen) atoms. The second-order valence-electron chi connectivity index (χ2n) is 5.43. The molecule has 0 amide bonds. The van der Waals surface area contributed by atoms with E-state index in [1.54, 1.807) is 19.1 Å². The van der Waals surface area contributed by atoms with Crippen molar-refractivity contribution in [1.82, 2.24) is 5.32 Å². The molecule has 0 aliphatic heterocycles. The van der Waals surface area contributed by atoms with Crippen molar-refractivity contribution >= 4 is 0 Å². The third-order valence-electron chi connectivity index (χ3n) is 3.27. The Kier molecular flexibility index (Phi) is 4.68. The van der Waals surface area contributed by atoms with Crippen molar-refractivity contribution in [3.05, 3.63) is 70.5 Å². The fourth-order valence-electron chi connectivity index (χ4n) is 2.29. The molecule has 1 nitrogen and oxygen atoms in total. The Labute approximate surface area is 122 Å². The van der Waals surface area contributed by atoms with Gasteiger partial charge in [-0.2, -0.15) is 0 Å². The standard InChI is InChI=1S/C17H18F3N/c1-10(2)21-17(12-5-4-6-13(18)8-12)14-7-11(3)15(19)9-16(14)20/h4-10,17,21H,1-3H3. The summed E-state index contributed by atoms with van der Waals surface area (Å²) in [5, 5.41) is 3.20. The normalized spacial score (nSPS) is 12.7. The number of rotatable bonds is 4. The van der Waals surface area contributed by atoms with Crippen LogP contribution in [-0.4, -0.2) is 6.04 Å². The summed E-state index contributed by atoms with van der Waals surface area (Å²) < 4.78 is 41.0. The third kappa shape index (κ3) is 3.64. The molecule has 0 aliphatic rings. The smallest absolute Gasteiger partial charge is 0.131 e. The molecular formula is C17H18F3N. The lowest BCUT2D eigenvalue weighted by Gasteiger charge is -2.23. The fourth-order valence-corrected chi connectivity index (χ4v) is 2.29. The third-order valence-corrected chi connectivity index (χ3v) is 3.27. The van der Waals surface area contributed by atoms with E-state index >= 15 is 0 Å². The summed E-state index contributed by atoms with van der Waals surface area (Å²) in [6.07, 6.45) is 0. The minimum absolute atomic E-state index is 0.0584. The van der Waals surface area contributed by atoms with Gasteiger partial charge in [0.25, 0.3) is 0 Å². The van der Waals surface area contributed by atoms with Gasteiger partial charge in [-0.3, -0.25) is 0 Å². The van der Waals surface area contributed by atoms with Crippen molar-refractivity contribution in [2.75, 3.05) is 0 Å². The highest BCUT2D eigenvalue weighted by Crippen LogP contribution is 2.27. The van der Waals surface area contributed by atoms with Crippen LogP contribution in [0.4, 0.5) is 13.2 Å². The molecule has 1 N–H and O–H groups in total. The van der Waals surface area contributed by atoms with Crippen molar-refractivity contribution in [3.8, 4) is 0 Å². The van der Waals surface area contributed by atoms with Crippen molar-refractivity contribution in [1.29, 1.82) is 0 Å². The van der Waals surface area contributed by atoms with Gasteiger partial charge in [-0.25, -0.2) is 13.2 Å². The van der Waals surface area contributed by atoms with Gasteiger partial charge in [0.05, 0.1) is 6.04 Å². The molecule has 2 rings (SSSR count). The minimum Gasteiger partial charge on any atom is -0.304 e. The zero-order chi connectivity index (χ0) is 15.6. The molecule has 0 saturated heterocycles. The van der Waals surface area contributed by atoms with Crippen LogP contribution in [0, 0.1) is 24.4 Å². The molecule has 2 aromatic carbocycles. The topological polar surface area (TPSA) is 12.0 Å².